The second-order valence-electron chi connectivity index (χ2n) is 15.2. The molecule has 0 aromatic heterocycles. The van der Waals surface area contributed by atoms with Crippen LogP contribution < -0.4 is 5.32 Å². The van der Waals surface area contributed by atoms with Gasteiger partial charge in [0.15, 0.2) is 0 Å². The maximum Gasteiger partial charge on any atom is 0.249 e. The minimum atomic E-state index is -1.11. The van der Waals surface area contributed by atoms with Gasteiger partial charge in [-0.3, -0.25) is 4.79 Å². The second-order valence-corrected chi connectivity index (χ2v) is 15.2. The van der Waals surface area contributed by atoms with Crippen LogP contribution in [0.15, 0.2) is 48.6 Å². The molecule has 0 saturated carbocycles. The largest absolute Gasteiger partial charge is 0.394 e. The Morgan fingerprint density at radius 1 is 0.462 bits per heavy atom. The van der Waals surface area contributed by atoms with E-state index in [0.29, 0.717) is 6.42 Å². The molecule has 0 fully saturated rings. The molecule has 0 aliphatic carbocycles. The molecule has 1 amide bonds. The van der Waals surface area contributed by atoms with Crippen LogP contribution in [0.2, 0.25) is 0 Å². The Balaban J connectivity index is 3.73. The van der Waals surface area contributed by atoms with Crippen molar-refractivity contribution in [3.8, 4) is 0 Å². The summed E-state index contributed by atoms with van der Waals surface area (Å²) in [6, 6.07) is -0.823. The van der Waals surface area contributed by atoms with Gasteiger partial charge < -0.3 is 20.6 Å². The van der Waals surface area contributed by atoms with Gasteiger partial charge in [-0.05, 0) is 70.6 Å². The van der Waals surface area contributed by atoms with Crippen molar-refractivity contribution in [3.05, 3.63) is 48.6 Å². The normalized spacial score (nSPS) is 14.0. The van der Waals surface area contributed by atoms with Gasteiger partial charge >= 0.3 is 0 Å². The van der Waals surface area contributed by atoms with E-state index in [1.165, 1.54) is 154 Å². The first-order valence-electron chi connectivity index (χ1n) is 22.5. The number of aliphatic hydroxyl groups is 3. The molecule has 3 unspecified atom stereocenters. The van der Waals surface area contributed by atoms with Crippen molar-refractivity contribution in [1.82, 2.24) is 5.32 Å². The fraction of sp³-hybridized carbons (Fsp3) is 0.809. The number of nitrogens with one attached hydrogen (secondary N) is 1. The Kier molecular flexibility index (Phi) is 40.7. The first kappa shape index (κ1) is 50.3. The van der Waals surface area contributed by atoms with E-state index in [2.05, 4.69) is 55.6 Å². The Morgan fingerprint density at radius 2 is 0.788 bits per heavy atom. The number of allylic oxidation sites excluding steroid dienone is 7. The highest BCUT2D eigenvalue weighted by Crippen LogP contribution is 2.14. The highest BCUT2D eigenvalue weighted by Gasteiger charge is 2.22. The number of rotatable bonds is 40. The molecule has 0 bridgehead atoms. The lowest BCUT2D eigenvalue weighted by Gasteiger charge is -2.21. The SMILES string of the molecule is CCCCCCCC/C=C/CC/C=C/CC/C=C/C(O)C(CO)NC(=O)C(O)CCCCCCCC/C=C\CCCCCCCCCCCCCC. The van der Waals surface area contributed by atoms with E-state index in [-0.39, 0.29) is 6.61 Å². The van der Waals surface area contributed by atoms with E-state index >= 15 is 0 Å². The smallest absolute Gasteiger partial charge is 0.249 e. The summed E-state index contributed by atoms with van der Waals surface area (Å²) in [5.41, 5.74) is 0. The summed E-state index contributed by atoms with van der Waals surface area (Å²) in [6.07, 6.45) is 54.3. The quantitative estimate of drug-likeness (QED) is 0.0373. The van der Waals surface area contributed by atoms with Crippen molar-refractivity contribution >= 4 is 5.91 Å². The van der Waals surface area contributed by atoms with Gasteiger partial charge in [-0.1, -0.05) is 197 Å². The molecule has 52 heavy (non-hydrogen) atoms. The monoisotopic (exact) mass is 730 g/mol. The third-order valence-electron chi connectivity index (χ3n) is 10.1. The predicted molar refractivity (Wildman–Crippen MR) is 227 cm³/mol. The molecule has 304 valence electrons. The lowest BCUT2D eigenvalue weighted by molar-refractivity contribution is -0.131. The molecule has 4 N–H and O–H groups in total. The fourth-order valence-corrected chi connectivity index (χ4v) is 6.56. The minimum Gasteiger partial charge on any atom is -0.394 e. The molecule has 0 aliphatic rings. The molecule has 0 spiro atoms. The van der Waals surface area contributed by atoms with Crippen molar-refractivity contribution in [2.24, 2.45) is 0 Å². The van der Waals surface area contributed by atoms with Crippen LogP contribution in [-0.4, -0.2) is 46.1 Å². The second kappa shape index (κ2) is 42.1. The van der Waals surface area contributed by atoms with Gasteiger partial charge in [0.25, 0.3) is 0 Å². The summed E-state index contributed by atoms with van der Waals surface area (Å²) in [6.45, 7) is 4.15. The number of unbranched alkanes of at least 4 members (excludes halogenated alkanes) is 26. The summed E-state index contributed by atoms with van der Waals surface area (Å²) in [5, 5.41) is 33.1. The van der Waals surface area contributed by atoms with Crippen LogP contribution in [0.4, 0.5) is 0 Å². The fourth-order valence-electron chi connectivity index (χ4n) is 6.56. The Morgan fingerprint density at radius 3 is 1.17 bits per heavy atom. The first-order valence-corrected chi connectivity index (χ1v) is 22.5. The van der Waals surface area contributed by atoms with E-state index in [1.807, 2.05) is 6.08 Å². The van der Waals surface area contributed by atoms with E-state index in [1.54, 1.807) is 6.08 Å². The molecule has 0 aliphatic heterocycles. The summed E-state index contributed by atoms with van der Waals surface area (Å²) < 4.78 is 0. The van der Waals surface area contributed by atoms with Gasteiger partial charge in [0.1, 0.15) is 6.10 Å². The van der Waals surface area contributed by atoms with Crippen molar-refractivity contribution in [2.45, 2.75) is 238 Å². The standard InChI is InChI=1S/C47H87NO4/c1-3-5-7-9-11-13-15-17-19-21-22-23-24-25-26-28-30-32-34-36-38-40-42-46(51)47(52)48-44(43-49)45(50)41-39-37-35-33-31-29-27-20-18-16-14-12-10-8-6-4-2/h18,20,25-26,31,33,39,41,44-46,49-51H,3-17,19,21-24,27-30,32,34-38,40,42-43H2,1-2H3,(H,48,52)/b20-18+,26-25-,33-31+,41-39+. The number of hydrogen-bond acceptors (Lipinski definition) is 4. The first-order chi connectivity index (χ1) is 25.6. The predicted octanol–water partition coefficient (Wildman–Crippen LogP) is 12.9. The maximum absolute atomic E-state index is 12.5. The third-order valence-corrected chi connectivity index (χ3v) is 10.1. The van der Waals surface area contributed by atoms with Crippen LogP contribution in [-0.2, 0) is 4.79 Å². The molecule has 0 aromatic rings. The lowest BCUT2D eigenvalue weighted by atomic mass is 10.0. The molecule has 5 heteroatoms. The third kappa shape index (κ3) is 36.7. The zero-order valence-electron chi connectivity index (χ0n) is 34.4. The molecule has 0 saturated heterocycles. The van der Waals surface area contributed by atoms with Crippen molar-refractivity contribution in [1.29, 1.82) is 0 Å². The van der Waals surface area contributed by atoms with Gasteiger partial charge in [0.05, 0.1) is 18.8 Å². The summed E-state index contributed by atoms with van der Waals surface area (Å²) in [5.74, 6) is -0.522. The summed E-state index contributed by atoms with van der Waals surface area (Å²) in [7, 11) is 0. The zero-order valence-corrected chi connectivity index (χ0v) is 34.4. The minimum absolute atomic E-state index is 0.384. The molecule has 0 heterocycles. The van der Waals surface area contributed by atoms with Gasteiger partial charge in [0.2, 0.25) is 5.91 Å². The van der Waals surface area contributed by atoms with E-state index in [4.69, 9.17) is 0 Å². The topological polar surface area (TPSA) is 89.8 Å². The van der Waals surface area contributed by atoms with Gasteiger partial charge in [-0.2, -0.15) is 0 Å². The molecular formula is C47H87NO4. The lowest BCUT2D eigenvalue weighted by Crippen LogP contribution is -2.48. The molecular weight excluding hydrogens is 643 g/mol. The van der Waals surface area contributed by atoms with Crippen LogP contribution >= 0.6 is 0 Å². The molecule has 3 atom stereocenters. The van der Waals surface area contributed by atoms with Gasteiger partial charge in [-0.15, -0.1) is 0 Å². The molecule has 0 aromatic carbocycles. The zero-order chi connectivity index (χ0) is 38.0. The summed E-state index contributed by atoms with van der Waals surface area (Å²) in [4.78, 5) is 12.5. The van der Waals surface area contributed by atoms with Crippen molar-refractivity contribution in [3.63, 3.8) is 0 Å². The van der Waals surface area contributed by atoms with E-state index in [9.17, 15) is 20.1 Å². The van der Waals surface area contributed by atoms with Crippen molar-refractivity contribution < 1.29 is 20.1 Å². The summed E-state index contributed by atoms with van der Waals surface area (Å²) >= 11 is 0. The number of amides is 1. The number of hydrogen-bond donors (Lipinski definition) is 4. The highest BCUT2D eigenvalue weighted by molar-refractivity contribution is 5.80. The highest BCUT2D eigenvalue weighted by atomic mass is 16.3. The Labute approximate surface area is 323 Å². The molecule has 5 nitrogen and oxygen atoms in total. The van der Waals surface area contributed by atoms with E-state index < -0.39 is 24.2 Å². The van der Waals surface area contributed by atoms with Crippen LogP contribution in [0.3, 0.4) is 0 Å². The average Bonchev–Trinajstić information content (AvgIpc) is 3.15. The number of aliphatic hydroxyl groups excluding tert-OH is 3. The van der Waals surface area contributed by atoms with Gasteiger partial charge in [0, 0.05) is 0 Å². The Bertz CT molecular complexity index is 850. The van der Waals surface area contributed by atoms with Crippen LogP contribution in [0.1, 0.15) is 219 Å². The number of carbonyl (C=O) groups is 1. The van der Waals surface area contributed by atoms with Crippen molar-refractivity contribution in [2.75, 3.05) is 6.61 Å². The Hall–Kier alpha value is -1.69. The van der Waals surface area contributed by atoms with Crippen LogP contribution in [0.25, 0.3) is 0 Å². The maximum atomic E-state index is 12.5. The number of carbonyl (C=O) groups excluding carboxylic acids is 1. The van der Waals surface area contributed by atoms with E-state index in [0.717, 1.165) is 44.9 Å². The van der Waals surface area contributed by atoms with Crippen LogP contribution in [0, 0.1) is 0 Å². The molecule has 0 rings (SSSR count). The van der Waals surface area contributed by atoms with Crippen LogP contribution in [0.5, 0.6) is 0 Å². The van der Waals surface area contributed by atoms with Gasteiger partial charge in [-0.25, -0.2) is 0 Å². The molecule has 0 radical (unpaired) electrons. The average molecular weight is 730 g/mol.